The summed E-state index contributed by atoms with van der Waals surface area (Å²) in [5.74, 6) is 0.643. The second-order valence-electron chi connectivity index (χ2n) is 3.59. The molecule has 2 rings (SSSR count). The maximum Gasteiger partial charge on any atom is 0.182 e. The van der Waals surface area contributed by atoms with Gasteiger partial charge in [0.05, 0.1) is 12.5 Å². The van der Waals surface area contributed by atoms with Gasteiger partial charge in [0.1, 0.15) is 5.75 Å². The average molecular weight is 238 g/mol. The SMILES string of the molecule is COc1ccc2[nH]cc(C(=O)[C@@H](C)Cl)c2c1. The van der Waals surface area contributed by atoms with Gasteiger partial charge in [-0.15, -0.1) is 11.6 Å². The number of hydrogen-bond donors (Lipinski definition) is 1. The third-order valence-corrected chi connectivity index (χ3v) is 2.71. The molecule has 1 atom stereocenters. The standard InChI is InChI=1S/C12H12ClNO2/c1-7(13)12(15)10-6-14-11-4-3-8(16-2)5-9(10)11/h3-7,14H,1-2H3/t7-/m1/s1. The summed E-state index contributed by atoms with van der Waals surface area (Å²) in [6.07, 6.45) is 1.69. The van der Waals surface area contributed by atoms with E-state index in [-0.39, 0.29) is 5.78 Å². The van der Waals surface area contributed by atoms with Crippen LogP contribution >= 0.6 is 11.6 Å². The van der Waals surface area contributed by atoms with Gasteiger partial charge in [-0.05, 0) is 25.1 Å². The van der Waals surface area contributed by atoms with Crippen LogP contribution in [0.1, 0.15) is 17.3 Å². The van der Waals surface area contributed by atoms with Gasteiger partial charge in [0.2, 0.25) is 0 Å². The number of rotatable bonds is 3. The van der Waals surface area contributed by atoms with Crippen LogP contribution in [0, 0.1) is 0 Å². The second kappa shape index (κ2) is 4.18. The van der Waals surface area contributed by atoms with Crippen molar-refractivity contribution in [2.24, 2.45) is 0 Å². The molecule has 0 saturated carbocycles. The van der Waals surface area contributed by atoms with Crippen LogP contribution in [0.3, 0.4) is 0 Å². The van der Waals surface area contributed by atoms with E-state index in [1.54, 1.807) is 20.2 Å². The molecule has 0 unspecified atom stereocenters. The highest BCUT2D eigenvalue weighted by Crippen LogP contribution is 2.25. The number of Topliss-reactive ketones (excluding diaryl/α,β-unsaturated/α-hetero) is 1. The number of alkyl halides is 1. The molecule has 1 aromatic carbocycles. The van der Waals surface area contributed by atoms with Crippen LogP contribution in [0.5, 0.6) is 5.75 Å². The minimum atomic E-state index is -0.523. The topological polar surface area (TPSA) is 42.1 Å². The highest BCUT2D eigenvalue weighted by atomic mass is 35.5. The monoisotopic (exact) mass is 237 g/mol. The van der Waals surface area contributed by atoms with E-state index in [1.807, 2.05) is 18.2 Å². The fourth-order valence-corrected chi connectivity index (χ4v) is 1.76. The van der Waals surface area contributed by atoms with Gasteiger partial charge in [0, 0.05) is 22.7 Å². The van der Waals surface area contributed by atoms with Gasteiger partial charge in [0.25, 0.3) is 0 Å². The van der Waals surface area contributed by atoms with Crippen molar-refractivity contribution in [1.82, 2.24) is 4.98 Å². The Morgan fingerprint density at radius 1 is 1.50 bits per heavy atom. The van der Waals surface area contributed by atoms with Gasteiger partial charge >= 0.3 is 0 Å². The molecule has 1 aromatic heterocycles. The zero-order valence-corrected chi connectivity index (χ0v) is 9.84. The van der Waals surface area contributed by atoms with Crippen molar-refractivity contribution in [3.8, 4) is 5.75 Å². The molecule has 16 heavy (non-hydrogen) atoms. The predicted octanol–water partition coefficient (Wildman–Crippen LogP) is 2.99. The molecule has 0 aliphatic rings. The highest BCUT2D eigenvalue weighted by molar-refractivity contribution is 6.35. The van der Waals surface area contributed by atoms with Crippen LogP contribution in [-0.4, -0.2) is 23.3 Å². The van der Waals surface area contributed by atoms with Crippen molar-refractivity contribution in [2.45, 2.75) is 12.3 Å². The molecule has 1 heterocycles. The van der Waals surface area contributed by atoms with E-state index < -0.39 is 5.38 Å². The quantitative estimate of drug-likeness (QED) is 0.659. The minimum Gasteiger partial charge on any atom is -0.497 e. The van der Waals surface area contributed by atoms with E-state index in [4.69, 9.17) is 16.3 Å². The fraction of sp³-hybridized carbons (Fsp3) is 0.250. The predicted molar refractivity (Wildman–Crippen MR) is 64.5 cm³/mol. The number of carbonyl (C=O) groups excluding carboxylic acids is 1. The molecule has 0 spiro atoms. The van der Waals surface area contributed by atoms with Crippen molar-refractivity contribution in [3.05, 3.63) is 30.0 Å². The van der Waals surface area contributed by atoms with Crippen molar-refractivity contribution in [1.29, 1.82) is 0 Å². The lowest BCUT2D eigenvalue weighted by atomic mass is 10.1. The van der Waals surface area contributed by atoms with Gasteiger partial charge < -0.3 is 9.72 Å². The zero-order chi connectivity index (χ0) is 11.7. The molecule has 0 aliphatic heterocycles. The molecule has 0 aliphatic carbocycles. The van der Waals surface area contributed by atoms with E-state index in [0.717, 1.165) is 16.7 Å². The molecule has 0 amide bonds. The molecule has 4 heteroatoms. The van der Waals surface area contributed by atoms with Crippen LogP contribution in [0.2, 0.25) is 0 Å². The van der Waals surface area contributed by atoms with Crippen molar-refractivity contribution in [3.63, 3.8) is 0 Å². The van der Waals surface area contributed by atoms with Gasteiger partial charge in [-0.1, -0.05) is 0 Å². The zero-order valence-electron chi connectivity index (χ0n) is 9.08. The summed E-state index contributed by atoms with van der Waals surface area (Å²) in [7, 11) is 1.60. The number of methoxy groups -OCH3 is 1. The summed E-state index contributed by atoms with van der Waals surface area (Å²) < 4.78 is 5.13. The number of hydrogen-bond acceptors (Lipinski definition) is 2. The van der Waals surface area contributed by atoms with E-state index in [0.29, 0.717) is 5.56 Å². The average Bonchev–Trinajstić information content (AvgIpc) is 2.70. The Balaban J connectivity index is 2.58. The van der Waals surface area contributed by atoms with Crippen LogP contribution in [0.15, 0.2) is 24.4 Å². The van der Waals surface area contributed by atoms with Crippen molar-refractivity contribution >= 4 is 28.3 Å². The molecule has 0 saturated heterocycles. The minimum absolute atomic E-state index is 0.0823. The van der Waals surface area contributed by atoms with Crippen molar-refractivity contribution in [2.75, 3.05) is 7.11 Å². The molecule has 0 radical (unpaired) electrons. The molecule has 2 aromatic rings. The number of halogens is 1. The number of ketones is 1. The van der Waals surface area contributed by atoms with Gasteiger partial charge in [-0.3, -0.25) is 4.79 Å². The van der Waals surface area contributed by atoms with Gasteiger partial charge in [-0.2, -0.15) is 0 Å². The van der Waals surface area contributed by atoms with E-state index in [1.165, 1.54) is 0 Å². The number of aromatic amines is 1. The first-order valence-electron chi connectivity index (χ1n) is 4.97. The summed E-state index contributed by atoms with van der Waals surface area (Å²) >= 11 is 5.80. The fourth-order valence-electron chi connectivity index (χ4n) is 1.64. The molecular formula is C12H12ClNO2. The Morgan fingerprint density at radius 2 is 2.25 bits per heavy atom. The Bertz CT molecular complexity index is 531. The third-order valence-electron chi connectivity index (χ3n) is 2.52. The highest BCUT2D eigenvalue weighted by Gasteiger charge is 2.16. The van der Waals surface area contributed by atoms with Crippen LogP contribution in [-0.2, 0) is 0 Å². The summed E-state index contributed by atoms with van der Waals surface area (Å²) in [5, 5.41) is 0.321. The molecule has 0 bridgehead atoms. The lowest BCUT2D eigenvalue weighted by Gasteiger charge is -2.02. The summed E-state index contributed by atoms with van der Waals surface area (Å²) in [6, 6.07) is 5.55. The lowest BCUT2D eigenvalue weighted by Crippen LogP contribution is -2.09. The van der Waals surface area contributed by atoms with Crippen LogP contribution in [0.4, 0.5) is 0 Å². The Morgan fingerprint density at radius 3 is 2.88 bits per heavy atom. The van der Waals surface area contributed by atoms with Crippen molar-refractivity contribution < 1.29 is 9.53 Å². The lowest BCUT2D eigenvalue weighted by molar-refractivity contribution is 0.0993. The van der Waals surface area contributed by atoms with E-state index in [9.17, 15) is 4.79 Å². The van der Waals surface area contributed by atoms with Crippen LogP contribution < -0.4 is 4.74 Å². The molecular weight excluding hydrogens is 226 g/mol. The molecule has 84 valence electrons. The smallest absolute Gasteiger partial charge is 0.182 e. The number of ether oxygens (including phenoxy) is 1. The number of nitrogens with one attached hydrogen (secondary N) is 1. The summed E-state index contributed by atoms with van der Waals surface area (Å²) in [4.78, 5) is 14.9. The van der Waals surface area contributed by atoms with E-state index in [2.05, 4.69) is 4.98 Å². The number of H-pyrrole nitrogens is 1. The number of benzene rings is 1. The maximum atomic E-state index is 11.8. The maximum absolute atomic E-state index is 11.8. The summed E-state index contributed by atoms with van der Waals surface area (Å²) in [5.41, 5.74) is 1.51. The molecule has 1 N–H and O–H groups in total. The number of aromatic nitrogens is 1. The largest absolute Gasteiger partial charge is 0.497 e. The summed E-state index contributed by atoms with van der Waals surface area (Å²) in [6.45, 7) is 1.67. The first-order valence-corrected chi connectivity index (χ1v) is 5.40. The van der Waals surface area contributed by atoms with E-state index >= 15 is 0 Å². The molecule has 0 fully saturated rings. The first kappa shape index (κ1) is 11.0. The second-order valence-corrected chi connectivity index (χ2v) is 4.25. The van der Waals surface area contributed by atoms with Crippen LogP contribution in [0.25, 0.3) is 10.9 Å². The normalized spacial score (nSPS) is 12.7. The first-order chi connectivity index (χ1) is 7.63. The van der Waals surface area contributed by atoms with Gasteiger partial charge in [0.15, 0.2) is 5.78 Å². The Kier molecular flexibility index (Phi) is 2.88. The number of carbonyl (C=O) groups is 1. The Labute approximate surface area is 98.4 Å². The third kappa shape index (κ3) is 1.78. The Hall–Kier alpha value is -1.48. The van der Waals surface area contributed by atoms with Gasteiger partial charge in [-0.25, -0.2) is 0 Å². The number of fused-ring (bicyclic) bond motifs is 1. The molecule has 3 nitrogen and oxygen atoms in total.